The predicted molar refractivity (Wildman–Crippen MR) is 57.9 cm³/mol. The topological polar surface area (TPSA) is 55.1 Å². The Morgan fingerprint density at radius 2 is 2.00 bits per heavy atom. The van der Waals surface area contributed by atoms with E-state index in [1.807, 2.05) is 6.92 Å². The number of carbonyl (C=O) groups excluding carboxylic acids is 1. The first kappa shape index (κ1) is 11.5. The summed E-state index contributed by atoms with van der Waals surface area (Å²) in [5, 5.41) is 3.08. The normalized spacial score (nSPS) is 22.8. The molecule has 0 bridgehead atoms. The largest absolute Gasteiger partial charge is 0.350 e. The van der Waals surface area contributed by atoms with Gasteiger partial charge in [0.25, 0.3) is 0 Å². The molecule has 3 nitrogen and oxygen atoms in total. The summed E-state index contributed by atoms with van der Waals surface area (Å²) in [5.74, 6) is 0.0110. The van der Waals surface area contributed by atoms with Gasteiger partial charge in [-0.1, -0.05) is 26.2 Å². The molecule has 82 valence electrons. The zero-order chi connectivity index (χ0) is 10.6. The van der Waals surface area contributed by atoms with Crippen molar-refractivity contribution >= 4 is 5.91 Å². The van der Waals surface area contributed by atoms with E-state index in [0.29, 0.717) is 6.42 Å². The van der Waals surface area contributed by atoms with Crippen LogP contribution in [0.4, 0.5) is 0 Å². The minimum absolute atomic E-state index is 0.00211. The monoisotopic (exact) mass is 198 g/mol. The molecule has 3 N–H and O–H groups in total. The summed E-state index contributed by atoms with van der Waals surface area (Å²) in [4.78, 5) is 11.6. The fourth-order valence-corrected chi connectivity index (χ4v) is 2.03. The molecule has 0 aliphatic heterocycles. The molecular formula is C11H22N2O. The van der Waals surface area contributed by atoms with Gasteiger partial charge in [0.05, 0.1) is 6.04 Å². The van der Waals surface area contributed by atoms with Gasteiger partial charge >= 0.3 is 0 Å². The molecule has 1 atom stereocenters. The van der Waals surface area contributed by atoms with E-state index in [0.717, 1.165) is 12.8 Å². The van der Waals surface area contributed by atoms with E-state index in [9.17, 15) is 4.79 Å². The third kappa shape index (κ3) is 2.98. The van der Waals surface area contributed by atoms with Gasteiger partial charge < -0.3 is 11.1 Å². The van der Waals surface area contributed by atoms with Gasteiger partial charge in [-0.25, -0.2) is 0 Å². The lowest BCUT2D eigenvalue weighted by molar-refractivity contribution is -0.124. The van der Waals surface area contributed by atoms with Crippen LogP contribution >= 0.6 is 0 Å². The van der Waals surface area contributed by atoms with E-state index in [1.165, 1.54) is 19.3 Å². The summed E-state index contributed by atoms with van der Waals surface area (Å²) >= 11 is 0. The molecule has 0 unspecified atom stereocenters. The van der Waals surface area contributed by atoms with E-state index >= 15 is 0 Å². The van der Waals surface area contributed by atoms with Crippen LogP contribution in [0.3, 0.4) is 0 Å². The van der Waals surface area contributed by atoms with E-state index in [1.54, 1.807) is 0 Å². The molecule has 3 heteroatoms. The summed E-state index contributed by atoms with van der Waals surface area (Å²) in [6, 6.07) is -0.339. The Hall–Kier alpha value is -0.570. The van der Waals surface area contributed by atoms with Crippen LogP contribution in [0.25, 0.3) is 0 Å². The maximum absolute atomic E-state index is 11.6. The Kier molecular flexibility index (Phi) is 3.93. The lowest BCUT2D eigenvalue weighted by Gasteiger charge is -2.35. The van der Waals surface area contributed by atoms with E-state index in [-0.39, 0.29) is 17.5 Å². The Bertz CT molecular complexity index is 197. The third-order valence-corrected chi connectivity index (χ3v) is 3.16. The Balaban J connectivity index is 2.44. The van der Waals surface area contributed by atoms with Gasteiger partial charge in [-0.15, -0.1) is 0 Å². The van der Waals surface area contributed by atoms with Crippen LogP contribution < -0.4 is 11.1 Å². The molecule has 0 aromatic carbocycles. The van der Waals surface area contributed by atoms with Gasteiger partial charge in [0.15, 0.2) is 0 Å². The first-order chi connectivity index (χ1) is 6.57. The highest BCUT2D eigenvalue weighted by Gasteiger charge is 2.29. The number of carbonyl (C=O) groups is 1. The van der Waals surface area contributed by atoms with Crippen molar-refractivity contribution in [1.82, 2.24) is 5.32 Å². The second-order valence-electron chi connectivity index (χ2n) is 4.63. The Morgan fingerprint density at radius 1 is 1.43 bits per heavy atom. The first-order valence-electron chi connectivity index (χ1n) is 5.65. The van der Waals surface area contributed by atoms with Crippen LogP contribution in [0.1, 0.15) is 52.4 Å². The van der Waals surface area contributed by atoms with E-state index in [2.05, 4.69) is 12.2 Å². The Labute approximate surface area is 86.4 Å². The summed E-state index contributed by atoms with van der Waals surface area (Å²) < 4.78 is 0. The van der Waals surface area contributed by atoms with Crippen molar-refractivity contribution in [2.75, 3.05) is 0 Å². The molecule has 0 spiro atoms. The molecule has 1 fully saturated rings. The third-order valence-electron chi connectivity index (χ3n) is 3.16. The number of amides is 1. The van der Waals surface area contributed by atoms with Crippen LogP contribution in [-0.2, 0) is 4.79 Å². The molecule has 0 heterocycles. The van der Waals surface area contributed by atoms with Crippen molar-refractivity contribution in [3.63, 3.8) is 0 Å². The molecule has 1 rings (SSSR count). The molecule has 1 amide bonds. The summed E-state index contributed by atoms with van der Waals surface area (Å²) in [7, 11) is 0. The van der Waals surface area contributed by atoms with E-state index < -0.39 is 0 Å². The van der Waals surface area contributed by atoms with Crippen LogP contribution in [0.5, 0.6) is 0 Å². The van der Waals surface area contributed by atoms with Crippen LogP contribution in [0, 0.1) is 0 Å². The second-order valence-corrected chi connectivity index (χ2v) is 4.63. The van der Waals surface area contributed by atoms with Crippen molar-refractivity contribution in [3.8, 4) is 0 Å². The highest BCUT2D eigenvalue weighted by Crippen LogP contribution is 2.27. The molecular weight excluding hydrogens is 176 g/mol. The van der Waals surface area contributed by atoms with Gasteiger partial charge in [0.1, 0.15) is 0 Å². The molecule has 14 heavy (non-hydrogen) atoms. The fraction of sp³-hybridized carbons (Fsp3) is 0.909. The van der Waals surface area contributed by atoms with E-state index in [4.69, 9.17) is 5.73 Å². The number of rotatable bonds is 3. The van der Waals surface area contributed by atoms with Gasteiger partial charge in [-0.2, -0.15) is 0 Å². The van der Waals surface area contributed by atoms with Crippen molar-refractivity contribution in [1.29, 1.82) is 0 Å². The SMILES string of the molecule is CC[C@@H](N)C(=O)NC1(C)CCCCC1. The number of hydrogen-bond donors (Lipinski definition) is 2. The van der Waals surface area contributed by atoms with Crippen LogP contribution in [0.15, 0.2) is 0 Å². The van der Waals surface area contributed by atoms with Gasteiger partial charge in [-0.05, 0) is 26.2 Å². The second kappa shape index (κ2) is 4.78. The summed E-state index contributed by atoms with van der Waals surface area (Å²) in [5.41, 5.74) is 5.68. The molecule has 0 radical (unpaired) electrons. The average Bonchev–Trinajstić information content (AvgIpc) is 2.17. The standard InChI is InChI=1S/C11H22N2O/c1-3-9(12)10(14)13-11(2)7-5-4-6-8-11/h9H,3-8,12H2,1-2H3,(H,13,14)/t9-/m1/s1. The average molecular weight is 198 g/mol. The van der Waals surface area contributed by atoms with Gasteiger partial charge in [-0.3, -0.25) is 4.79 Å². The molecule has 1 saturated carbocycles. The van der Waals surface area contributed by atoms with Crippen LogP contribution in [0.2, 0.25) is 0 Å². The maximum Gasteiger partial charge on any atom is 0.237 e. The van der Waals surface area contributed by atoms with Gasteiger partial charge in [0, 0.05) is 5.54 Å². The minimum Gasteiger partial charge on any atom is -0.350 e. The quantitative estimate of drug-likeness (QED) is 0.723. The smallest absolute Gasteiger partial charge is 0.237 e. The molecule has 0 saturated heterocycles. The first-order valence-corrected chi connectivity index (χ1v) is 5.65. The fourth-order valence-electron chi connectivity index (χ4n) is 2.03. The van der Waals surface area contributed by atoms with Crippen molar-refractivity contribution in [2.45, 2.75) is 64.0 Å². The van der Waals surface area contributed by atoms with Crippen molar-refractivity contribution < 1.29 is 4.79 Å². The molecule has 1 aliphatic rings. The highest BCUT2D eigenvalue weighted by molar-refractivity contribution is 5.82. The van der Waals surface area contributed by atoms with Crippen molar-refractivity contribution in [2.24, 2.45) is 5.73 Å². The lowest BCUT2D eigenvalue weighted by Crippen LogP contribution is -2.52. The number of nitrogens with one attached hydrogen (secondary N) is 1. The highest BCUT2D eigenvalue weighted by atomic mass is 16.2. The predicted octanol–water partition coefficient (Wildman–Crippen LogP) is 1.56. The van der Waals surface area contributed by atoms with Crippen molar-refractivity contribution in [3.05, 3.63) is 0 Å². The minimum atomic E-state index is -0.339. The zero-order valence-corrected chi connectivity index (χ0v) is 9.31. The van der Waals surface area contributed by atoms with Crippen LogP contribution in [-0.4, -0.2) is 17.5 Å². The van der Waals surface area contributed by atoms with Gasteiger partial charge in [0.2, 0.25) is 5.91 Å². The summed E-state index contributed by atoms with van der Waals surface area (Å²) in [6.45, 7) is 4.07. The summed E-state index contributed by atoms with van der Waals surface area (Å²) in [6.07, 6.45) is 6.63. The lowest BCUT2D eigenvalue weighted by atomic mass is 9.83. The maximum atomic E-state index is 11.6. The molecule has 0 aromatic heterocycles. The Morgan fingerprint density at radius 3 is 2.50 bits per heavy atom. The number of nitrogens with two attached hydrogens (primary N) is 1. The molecule has 0 aromatic rings. The number of hydrogen-bond acceptors (Lipinski definition) is 2. The molecule has 1 aliphatic carbocycles. The zero-order valence-electron chi connectivity index (χ0n) is 9.31.